The third-order valence-electron chi connectivity index (χ3n) is 7.46. The number of fused-ring (bicyclic) bond motifs is 1. The quantitative estimate of drug-likeness (QED) is 0.181. The fourth-order valence-corrected chi connectivity index (χ4v) is 5.41. The zero-order valence-corrected chi connectivity index (χ0v) is 25.7. The number of hydrogen-bond donors (Lipinski definition) is 1. The van der Waals surface area contributed by atoms with Crippen LogP contribution in [-0.2, 0) is 6.42 Å². The molecule has 0 saturated heterocycles. The molecule has 4 rings (SSSR count). The van der Waals surface area contributed by atoms with Gasteiger partial charge in [-0.3, -0.25) is 4.79 Å². The summed E-state index contributed by atoms with van der Waals surface area (Å²) in [6.07, 6.45) is 3.87. The second kappa shape index (κ2) is 14.0. The van der Waals surface area contributed by atoms with Crippen LogP contribution in [0.4, 0.5) is 0 Å². The van der Waals surface area contributed by atoms with Crippen LogP contribution in [0, 0.1) is 0 Å². The smallest absolute Gasteiger partial charge is 0.253 e. The van der Waals surface area contributed by atoms with E-state index in [1.54, 1.807) is 24.1 Å². The van der Waals surface area contributed by atoms with Gasteiger partial charge in [-0.25, -0.2) is 0 Å². The topological polar surface area (TPSA) is 67.0 Å². The summed E-state index contributed by atoms with van der Waals surface area (Å²) >= 11 is 12.6. The molecule has 1 amide bonds. The summed E-state index contributed by atoms with van der Waals surface area (Å²) in [6.45, 7) is 2.25. The summed E-state index contributed by atoms with van der Waals surface area (Å²) in [5.74, 6) is 1.19. The molecular formula is C32H37Cl2N3O4. The Balaban J connectivity index is 1.48. The number of carbonyl (C=O) groups is 1. The zero-order chi connectivity index (χ0) is 29.5. The number of ether oxygens (including phenoxy) is 3. The van der Waals surface area contributed by atoms with E-state index < -0.39 is 0 Å². The van der Waals surface area contributed by atoms with Crippen molar-refractivity contribution in [1.29, 1.82) is 0 Å². The summed E-state index contributed by atoms with van der Waals surface area (Å²) in [6, 6.07) is 17.4. The number of rotatable bonds is 13. The molecule has 9 heteroatoms. The third-order valence-corrected chi connectivity index (χ3v) is 8.20. The monoisotopic (exact) mass is 597 g/mol. The standard InChI is InChI=1S/C32H37Cl2N3O4/c1-36(14-12-22-19-35-28-9-7-6-8-25(22)28)15-13-23(21-10-11-26(33)27(34)16-21)20-37(2)32(38)24-17-29(39-3)31(41-5)30(18-24)40-4/h6-11,16-19,23,35H,12-15,20H2,1-5H3. The molecule has 1 unspecified atom stereocenters. The maximum absolute atomic E-state index is 13.6. The number of nitrogens with one attached hydrogen (secondary N) is 1. The van der Waals surface area contributed by atoms with Gasteiger partial charge in [0.1, 0.15) is 0 Å². The Morgan fingerprint density at radius 3 is 2.27 bits per heavy atom. The van der Waals surface area contributed by atoms with Crippen LogP contribution in [0.1, 0.15) is 33.8 Å². The highest BCUT2D eigenvalue weighted by Crippen LogP contribution is 2.38. The van der Waals surface area contributed by atoms with Crippen molar-refractivity contribution in [3.63, 3.8) is 0 Å². The van der Waals surface area contributed by atoms with Gasteiger partial charge in [-0.1, -0.05) is 47.5 Å². The maximum Gasteiger partial charge on any atom is 0.253 e. The number of amides is 1. The average molecular weight is 599 g/mol. The molecule has 0 radical (unpaired) electrons. The highest BCUT2D eigenvalue weighted by atomic mass is 35.5. The first-order valence-electron chi connectivity index (χ1n) is 13.5. The highest BCUT2D eigenvalue weighted by molar-refractivity contribution is 6.42. The Morgan fingerprint density at radius 1 is 0.902 bits per heavy atom. The lowest BCUT2D eigenvalue weighted by Gasteiger charge is -2.27. The lowest BCUT2D eigenvalue weighted by molar-refractivity contribution is 0.0782. The SMILES string of the molecule is COc1cc(C(=O)N(C)CC(CCN(C)CCc2c[nH]c3ccccc23)c2ccc(Cl)c(Cl)c2)cc(OC)c1OC. The molecule has 1 N–H and O–H groups in total. The van der Waals surface area contributed by atoms with E-state index in [0.29, 0.717) is 39.4 Å². The number of aromatic amines is 1. The molecule has 0 bridgehead atoms. The van der Waals surface area contributed by atoms with Crippen molar-refractivity contribution in [2.24, 2.45) is 0 Å². The second-order valence-corrected chi connectivity index (χ2v) is 11.0. The number of hydrogen-bond acceptors (Lipinski definition) is 5. The Morgan fingerprint density at radius 2 is 1.61 bits per heavy atom. The van der Waals surface area contributed by atoms with Crippen LogP contribution in [-0.4, -0.2) is 75.7 Å². The number of aromatic nitrogens is 1. The van der Waals surface area contributed by atoms with Crippen LogP contribution in [0.25, 0.3) is 10.9 Å². The fraction of sp³-hybridized carbons (Fsp3) is 0.344. The molecule has 1 atom stereocenters. The molecule has 0 spiro atoms. The van der Waals surface area contributed by atoms with Crippen LogP contribution >= 0.6 is 23.2 Å². The lowest BCUT2D eigenvalue weighted by Crippen LogP contribution is -2.33. The number of carbonyl (C=O) groups excluding carboxylic acids is 1. The molecule has 3 aromatic carbocycles. The molecule has 0 aliphatic carbocycles. The van der Waals surface area contributed by atoms with Crippen LogP contribution in [0.2, 0.25) is 10.0 Å². The molecule has 41 heavy (non-hydrogen) atoms. The van der Waals surface area contributed by atoms with Crippen molar-refractivity contribution in [1.82, 2.24) is 14.8 Å². The number of nitrogens with zero attached hydrogens (tertiary/aromatic N) is 2. The average Bonchev–Trinajstić information content (AvgIpc) is 3.41. The van der Waals surface area contributed by atoms with E-state index in [0.717, 1.165) is 37.0 Å². The minimum absolute atomic E-state index is 0.0382. The first-order chi connectivity index (χ1) is 19.7. The zero-order valence-electron chi connectivity index (χ0n) is 24.2. The van der Waals surface area contributed by atoms with Crippen molar-refractivity contribution in [2.75, 3.05) is 55.1 Å². The van der Waals surface area contributed by atoms with Gasteiger partial charge in [0.2, 0.25) is 5.75 Å². The number of para-hydroxylation sites is 1. The summed E-state index contributed by atoms with van der Waals surface area (Å²) in [5.41, 5.74) is 3.95. The molecule has 0 aliphatic heterocycles. The fourth-order valence-electron chi connectivity index (χ4n) is 5.11. The predicted molar refractivity (Wildman–Crippen MR) is 166 cm³/mol. The summed E-state index contributed by atoms with van der Waals surface area (Å²) in [4.78, 5) is 21.0. The number of halogens is 2. The summed E-state index contributed by atoms with van der Waals surface area (Å²) in [5, 5.41) is 2.27. The van der Waals surface area contributed by atoms with Crippen molar-refractivity contribution >= 4 is 40.0 Å². The van der Waals surface area contributed by atoms with E-state index in [-0.39, 0.29) is 11.8 Å². The van der Waals surface area contributed by atoms with Gasteiger partial charge in [-0.2, -0.15) is 0 Å². The normalized spacial score (nSPS) is 12.0. The van der Waals surface area contributed by atoms with Gasteiger partial charge in [0.25, 0.3) is 5.91 Å². The van der Waals surface area contributed by atoms with Crippen LogP contribution in [0.3, 0.4) is 0 Å². The first kappa shape index (κ1) is 30.6. The predicted octanol–water partition coefficient (Wildman–Crippen LogP) is 6.92. The first-order valence-corrected chi connectivity index (χ1v) is 14.2. The highest BCUT2D eigenvalue weighted by Gasteiger charge is 2.23. The largest absolute Gasteiger partial charge is 0.493 e. The van der Waals surface area contributed by atoms with Crippen LogP contribution in [0.5, 0.6) is 17.2 Å². The molecular weight excluding hydrogens is 561 g/mol. The van der Waals surface area contributed by atoms with Crippen molar-refractivity contribution < 1.29 is 19.0 Å². The van der Waals surface area contributed by atoms with Gasteiger partial charge in [-0.15, -0.1) is 0 Å². The Bertz CT molecular complexity index is 1460. The van der Waals surface area contributed by atoms with E-state index >= 15 is 0 Å². The van der Waals surface area contributed by atoms with Crippen molar-refractivity contribution in [2.45, 2.75) is 18.8 Å². The molecule has 1 aromatic heterocycles. The molecule has 4 aromatic rings. The van der Waals surface area contributed by atoms with Gasteiger partial charge < -0.3 is 29.0 Å². The van der Waals surface area contributed by atoms with Crippen molar-refractivity contribution in [3.8, 4) is 17.2 Å². The van der Waals surface area contributed by atoms with Crippen molar-refractivity contribution in [3.05, 3.63) is 87.5 Å². The summed E-state index contributed by atoms with van der Waals surface area (Å²) < 4.78 is 16.3. The molecule has 218 valence electrons. The Kier molecular flexibility index (Phi) is 10.4. The van der Waals surface area contributed by atoms with Gasteiger partial charge in [-0.05, 0) is 67.9 Å². The molecule has 0 fully saturated rings. The number of methoxy groups -OCH3 is 3. The van der Waals surface area contributed by atoms with Crippen LogP contribution in [0.15, 0.2) is 60.8 Å². The van der Waals surface area contributed by atoms with E-state index in [4.69, 9.17) is 37.4 Å². The Hall–Kier alpha value is -3.39. The summed E-state index contributed by atoms with van der Waals surface area (Å²) in [7, 11) is 8.53. The third kappa shape index (κ3) is 7.28. The van der Waals surface area contributed by atoms with E-state index in [9.17, 15) is 4.79 Å². The number of likely N-dealkylation sites (N-methyl/N-ethyl adjacent to an activating group) is 2. The molecule has 0 aliphatic rings. The van der Waals surface area contributed by atoms with E-state index in [1.807, 2.05) is 24.3 Å². The van der Waals surface area contributed by atoms with E-state index in [1.165, 1.54) is 32.3 Å². The number of benzene rings is 3. The maximum atomic E-state index is 13.6. The van der Waals surface area contributed by atoms with Crippen LogP contribution < -0.4 is 14.2 Å². The molecule has 0 saturated carbocycles. The second-order valence-electron chi connectivity index (χ2n) is 10.2. The molecule has 1 heterocycles. The lowest BCUT2D eigenvalue weighted by atomic mass is 9.94. The van der Waals surface area contributed by atoms with Gasteiger partial charge >= 0.3 is 0 Å². The van der Waals surface area contributed by atoms with E-state index in [2.05, 4.69) is 41.3 Å². The molecule has 7 nitrogen and oxygen atoms in total. The van der Waals surface area contributed by atoms with Gasteiger partial charge in [0, 0.05) is 48.7 Å². The Labute approximate surface area is 251 Å². The van der Waals surface area contributed by atoms with Gasteiger partial charge in [0.15, 0.2) is 11.5 Å². The minimum atomic E-state index is -0.151. The number of H-pyrrole nitrogens is 1. The van der Waals surface area contributed by atoms with Gasteiger partial charge in [0.05, 0.1) is 31.4 Å². The minimum Gasteiger partial charge on any atom is -0.493 e.